The maximum absolute atomic E-state index is 12.4. The van der Waals surface area contributed by atoms with Gasteiger partial charge in [-0.2, -0.15) is 0 Å². The zero-order chi connectivity index (χ0) is 16.6. The number of hydrogen-bond acceptors (Lipinski definition) is 3. The van der Waals surface area contributed by atoms with E-state index in [9.17, 15) is 9.59 Å². The van der Waals surface area contributed by atoms with Crippen molar-refractivity contribution in [1.82, 2.24) is 10.2 Å². The van der Waals surface area contributed by atoms with Gasteiger partial charge in [0.15, 0.2) is 4.67 Å². The third-order valence-corrected chi connectivity index (χ3v) is 5.13. The Bertz CT molecular complexity index is 795. The van der Waals surface area contributed by atoms with Gasteiger partial charge in [0.05, 0.1) is 11.0 Å². The standard InChI is InChI=1S/C15H9Br2ClN2O3/c16-11-5-10(23-13(11)17)6-12-14(21)20(15(22)19-12)7-8-1-3-9(18)4-2-8/h1-6H,7H2,(H,19,22)/b12-6-. The van der Waals surface area contributed by atoms with Crippen LogP contribution in [0.4, 0.5) is 4.79 Å². The summed E-state index contributed by atoms with van der Waals surface area (Å²) >= 11 is 12.3. The normalized spacial score (nSPS) is 16.3. The zero-order valence-corrected chi connectivity index (χ0v) is 15.4. The van der Waals surface area contributed by atoms with E-state index in [0.29, 0.717) is 15.5 Å². The summed E-state index contributed by atoms with van der Waals surface area (Å²) < 4.78 is 6.62. The highest BCUT2D eigenvalue weighted by Crippen LogP contribution is 2.28. The molecule has 3 amide bonds. The number of amides is 3. The van der Waals surface area contributed by atoms with Gasteiger partial charge in [0.25, 0.3) is 5.91 Å². The van der Waals surface area contributed by atoms with Gasteiger partial charge in [0.2, 0.25) is 0 Å². The molecule has 0 atom stereocenters. The molecule has 23 heavy (non-hydrogen) atoms. The maximum atomic E-state index is 12.4. The van der Waals surface area contributed by atoms with Crippen molar-refractivity contribution >= 4 is 61.5 Å². The summed E-state index contributed by atoms with van der Waals surface area (Å²) in [6, 6.07) is 8.18. The molecule has 0 bridgehead atoms. The Labute approximate surface area is 153 Å². The molecule has 0 spiro atoms. The van der Waals surface area contributed by atoms with Crippen LogP contribution < -0.4 is 5.32 Å². The molecule has 1 aromatic carbocycles. The average Bonchev–Trinajstić information content (AvgIpc) is 2.95. The van der Waals surface area contributed by atoms with Crippen LogP contribution in [0.2, 0.25) is 5.02 Å². The first-order chi connectivity index (χ1) is 10.9. The molecule has 118 valence electrons. The van der Waals surface area contributed by atoms with E-state index in [2.05, 4.69) is 37.2 Å². The van der Waals surface area contributed by atoms with Gasteiger partial charge in [-0.25, -0.2) is 4.79 Å². The first-order valence-electron chi connectivity index (χ1n) is 6.48. The van der Waals surface area contributed by atoms with Gasteiger partial charge in [-0.15, -0.1) is 0 Å². The molecule has 1 aromatic heterocycles. The summed E-state index contributed by atoms with van der Waals surface area (Å²) in [5, 5.41) is 3.14. The molecule has 0 radical (unpaired) electrons. The Kier molecular flexibility index (Phi) is 4.61. The molecule has 2 aromatic rings. The number of nitrogens with zero attached hydrogens (tertiary/aromatic N) is 1. The lowest BCUT2D eigenvalue weighted by atomic mass is 10.2. The first kappa shape index (κ1) is 16.3. The van der Waals surface area contributed by atoms with E-state index in [4.69, 9.17) is 16.0 Å². The van der Waals surface area contributed by atoms with Crippen molar-refractivity contribution in [3.8, 4) is 0 Å². The number of imide groups is 1. The highest BCUT2D eigenvalue weighted by molar-refractivity contribution is 9.13. The van der Waals surface area contributed by atoms with Gasteiger partial charge in [-0.05, 0) is 55.6 Å². The second-order valence-electron chi connectivity index (χ2n) is 4.78. The van der Waals surface area contributed by atoms with Crippen molar-refractivity contribution < 1.29 is 14.0 Å². The van der Waals surface area contributed by atoms with E-state index < -0.39 is 11.9 Å². The van der Waals surface area contributed by atoms with Crippen molar-refractivity contribution in [2.45, 2.75) is 6.54 Å². The van der Waals surface area contributed by atoms with Gasteiger partial charge < -0.3 is 9.73 Å². The summed E-state index contributed by atoms with van der Waals surface area (Å²) in [6.45, 7) is 0.171. The fourth-order valence-electron chi connectivity index (χ4n) is 2.06. The topological polar surface area (TPSA) is 62.6 Å². The summed E-state index contributed by atoms with van der Waals surface area (Å²) in [7, 11) is 0. The van der Waals surface area contributed by atoms with Gasteiger partial charge in [-0.1, -0.05) is 23.7 Å². The second-order valence-corrected chi connectivity index (χ2v) is 6.79. The minimum absolute atomic E-state index is 0.165. The number of carbonyl (C=O) groups excluding carboxylic acids is 2. The number of furan rings is 1. The van der Waals surface area contributed by atoms with Crippen LogP contribution in [-0.2, 0) is 11.3 Å². The van der Waals surface area contributed by atoms with Crippen LogP contribution in [0.25, 0.3) is 6.08 Å². The largest absolute Gasteiger partial charge is 0.449 e. The quantitative estimate of drug-likeness (QED) is 0.540. The summed E-state index contributed by atoms with van der Waals surface area (Å²) in [6.07, 6.45) is 1.48. The lowest BCUT2D eigenvalue weighted by Gasteiger charge is -2.11. The number of rotatable bonds is 3. The van der Waals surface area contributed by atoms with Gasteiger partial charge in [-0.3, -0.25) is 9.69 Å². The molecule has 1 saturated heterocycles. The third-order valence-electron chi connectivity index (χ3n) is 3.17. The van der Waals surface area contributed by atoms with Crippen molar-refractivity contribution in [2.75, 3.05) is 0 Å². The minimum atomic E-state index is -0.471. The van der Waals surface area contributed by atoms with Crippen molar-refractivity contribution in [1.29, 1.82) is 0 Å². The molecular formula is C15H9Br2ClN2O3. The highest BCUT2D eigenvalue weighted by atomic mass is 79.9. The van der Waals surface area contributed by atoms with Crippen LogP contribution in [0.3, 0.4) is 0 Å². The number of benzene rings is 1. The molecule has 1 fully saturated rings. The van der Waals surface area contributed by atoms with Crippen LogP contribution in [0.15, 0.2) is 49.6 Å². The van der Waals surface area contributed by atoms with Gasteiger partial charge >= 0.3 is 6.03 Å². The van der Waals surface area contributed by atoms with Crippen LogP contribution in [0.1, 0.15) is 11.3 Å². The molecule has 2 heterocycles. The molecule has 1 aliphatic rings. The Morgan fingerprint density at radius 1 is 1.22 bits per heavy atom. The van der Waals surface area contributed by atoms with Gasteiger partial charge in [0.1, 0.15) is 11.5 Å². The molecule has 8 heteroatoms. The zero-order valence-electron chi connectivity index (χ0n) is 11.5. The van der Waals surface area contributed by atoms with Crippen LogP contribution in [0, 0.1) is 0 Å². The number of halogens is 3. The molecule has 0 saturated carbocycles. The second kappa shape index (κ2) is 6.51. The lowest BCUT2D eigenvalue weighted by Crippen LogP contribution is -2.30. The van der Waals surface area contributed by atoms with Crippen molar-refractivity contribution in [3.05, 3.63) is 61.5 Å². The van der Waals surface area contributed by atoms with Crippen molar-refractivity contribution in [3.63, 3.8) is 0 Å². The number of nitrogens with one attached hydrogen (secondary N) is 1. The van der Waals surface area contributed by atoms with E-state index in [1.807, 2.05) is 0 Å². The molecule has 3 rings (SSSR count). The molecule has 0 aliphatic carbocycles. The summed E-state index contributed by atoms with van der Waals surface area (Å²) in [5.41, 5.74) is 0.973. The Morgan fingerprint density at radius 2 is 1.91 bits per heavy atom. The first-order valence-corrected chi connectivity index (χ1v) is 8.44. The fraction of sp³-hybridized carbons (Fsp3) is 0.0667. The lowest BCUT2D eigenvalue weighted by molar-refractivity contribution is -0.123. The third kappa shape index (κ3) is 3.52. The minimum Gasteiger partial charge on any atom is -0.449 e. The van der Waals surface area contributed by atoms with Crippen LogP contribution >= 0.6 is 43.5 Å². The molecule has 1 aliphatic heterocycles. The van der Waals surface area contributed by atoms with Crippen LogP contribution in [0.5, 0.6) is 0 Å². The number of hydrogen-bond donors (Lipinski definition) is 1. The van der Waals surface area contributed by atoms with Crippen molar-refractivity contribution in [2.24, 2.45) is 0 Å². The predicted octanol–water partition coefficient (Wildman–Crippen LogP) is 4.55. The van der Waals surface area contributed by atoms with E-state index >= 15 is 0 Å². The Morgan fingerprint density at radius 3 is 2.52 bits per heavy atom. The van der Waals surface area contributed by atoms with E-state index in [0.717, 1.165) is 14.9 Å². The summed E-state index contributed by atoms with van der Waals surface area (Å²) in [5.74, 6) is 0.0364. The summed E-state index contributed by atoms with van der Waals surface area (Å²) in [4.78, 5) is 25.5. The number of urea groups is 1. The molecule has 1 N–H and O–H groups in total. The highest BCUT2D eigenvalue weighted by Gasteiger charge is 2.33. The van der Waals surface area contributed by atoms with E-state index in [1.165, 1.54) is 6.08 Å². The molecule has 5 nitrogen and oxygen atoms in total. The molecular weight excluding hydrogens is 451 g/mol. The monoisotopic (exact) mass is 458 g/mol. The average molecular weight is 461 g/mol. The smallest absolute Gasteiger partial charge is 0.329 e. The molecule has 0 unspecified atom stereocenters. The fourth-order valence-corrected chi connectivity index (χ4v) is 2.80. The Balaban J connectivity index is 1.80. The van der Waals surface area contributed by atoms with Gasteiger partial charge in [0, 0.05) is 11.1 Å². The predicted molar refractivity (Wildman–Crippen MR) is 92.6 cm³/mol. The van der Waals surface area contributed by atoms with E-state index in [1.54, 1.807) is 30.3 Å². The van der Waals surface area contributed by atoms with Crippen LogP contribution in [-0.4, -0.2) is 16.8 Å². The maximum Gasteiger partial charge on any atom is 0.329 e. The Hall–Kier alpha value is -1.57. The number of carbonyl (C=O) groups is 2. The SMILES string of the molecule is O=C1N/C(=C\c2cc(Br)c(Br)o2)C(=O)N1Cc1ccc(Cl)cc1. The van der Waals surface area contributed by atoms with E-state index in [-0.39, 0.29) is 12.2 Å².